The molecule has 0 radical (unpaired) electrons. The van der Waals surface area contributed by atoms with Crippen molar-refractivity contribution >= 4 is 86.4 Å². The summed E-state index contributed by atoms with van der Waals surface area (Å²) in [7, 11) is 0. The van der Waals surface area contributed by atoms with Crippen LogP contribution in [0.5, 0.6) is 0 Å². The van der Waals surface area contributed by atoms with E-state index in [1.807, 2.05) is 29.4 Å². The van der Waals surface area contributed by atoms with Gasteiger partial charge < -0.3 is 80.9 Å². The van der Waals surface area contributed by atoms with Crippen LogP contribution in [0.3, 0.4) is 0 Å². The minimum absolute atomic E-state index is 0.0170. The molecule has 4 aliphatic rings. The quantitative estimate of drug-likeness (QED) is 0.0228. The van der Waals surface area contributed by atoms with Gasteiger partial charge in [0.05, 0.1) is 59.2 Å². The summed E-state index contributed by atoms with van der Waals surface area (Å²) in [6.45, 7) is 47.6. The van der Waals surface area contributed by atoms with E-state index in [1.165, 1.54) is 0 Å². The number of nitrogens with zero attached hydrogens (tertiary/aromatic N) is 16. The highest BCUT2D eigenvalue weighted by Crippen LogP contribution is 2.28. The zero-order valence-electron chi connectivity index (χ0n) is 78.1. The first-order valence-electron chi connectivity index (χ1n) is 43.7. The molecule has 0 spiro atoms. The van der Waals surface area contributed by atoms with Gasteiger partial charge in [-0.25, -0.2) is 0 Å². The highest BCUT2D eigenvalue weighted by Gasteiger charge is 2.34. The predicted octanol–water partition coefficient (Wildman–Crippen LogP) is -2.29. The first-order valence-corrected chi connectivity index (χ1v) is 43.7. The van der Waals surface area contributed by atoms with Gasteiger partial charge in [-0.3, -0.25) is 136 Å². The number of likely N-dealkylation sites (N-methyl/N-ethyl adjacent to an activating group) is 1. The number of carbonyl (C=O) groups is 14. The second-order valence-electron chi connectivity index (χ2n) is 37.4. The van der Waals surface area contributed by atoms with Crippen molar-refractivity contribution in [3.8, 4) is 0 Å². The standard InChI is InChI=1S/C22H40N4O8.C21H43N7O3.C21H38N4O8.C19H36N4O6/c1-22(2,3)5-4-18(21(32)33)26-12-10-24(15-20(30)31)7-6-23(14-19(28)29)8-9-25(11-13-26)16-34-17-27;1-5-25-6-7-26(14-20(22)31)8-9-27(15-23-17-29)10-11-28(16-24-18-30)19(13-25)12-21(2,3)4;1-21(2,3)10-18-11-24(13-20(30)31)7-5-22(12-19(28)29)4-6-23(14-32-16-26)8-9-25(18)15-33-17-27;1-19(2,3)14-22-8-6-20(12-17(25)26)4-5-21(13-18(27)28)7-10-23(11-9-22)15-29-16-24/h17-18H,4-16H2,1-3H3,(H,28,29)(H,30,31)(H,32,33);17-19H,5-16H2,1-4H3,(H2,22,31)(H,23,29)(H,24,30);16-18H,4-15H2,1-3H3,(H,28,29)(H,30,31);16H,4-15H2,1-3H3,(H,25,26)(H,27,28). The number of hydrogen-bond donors (Lipinski definition) is 10. The maximum atomic E-state index is 12.2. The van der Waals surface area contributed by atoms with Crippen molar-refractivity contribution in [2.45, 2.75) is 134 Å². The number of primary amides is 1. The Kier molecular flexibility index (Phi) is 59.5. The van der Waals surface area contributed by atoms with E-state index < -0.39 is 47.8 Å². The third-order valence-corrected chi connectivity index (χ3v) is 21.4. The number of amides is 3. The smallest absolute Gasteiger partial charge is 0.320 e. The van der Waals surface area contributed by atoms with Crippen LogP contribution >= 0.6 is 0 Å². The molecule has 0 aliphatic carbocycles. The van der Waals surface area contributed by atoms with Crippen molar-refractivity contribution in [2.24, 2.45) is 27.4 Å². The molecule has 4 rings (SSSR count). The van der Waals surface area contributed by atoms with E-state index in [0.717, 1.165) is 71.6 Å². The molecule has 4 heterocycles. The minimum atomic E-state index is -0.997. The molecule has 0 aromatic rings. The molecule has 11 N–H and O–H groups in total. The van der Waals surface area contributed by atoms with Crippen LogP contribution in [0.4, 0.5) is 0 Å². The van der Waals surface area contributed by atoms with E-state index >= 15 is 0 Å². The van der Waals surface area contributed by atoms with Crippen LogP contribution in [0.1, 0.15) is 116 Å². The molecule has 127 heavy (non-hydrogen) atoms. The van der Waals surface area contributed by atoms with Crippen molar-refractivity contribution < 1.29 is 122 Å². The van der Waals surface area contributed by atoms with Crippen LogP contribution in [-0.4, -0.2) is 514 Å². The molecule has 3 atom stereocenters. The van der Waals surface area contributed by atoms with Gasteiger partial charge in [0.2, 0.25) is 18.7 Å². The summed E-state index contributed by atoms with van der Waals surface area (Å²) in [5.41, 5.74) is 5.59. The van der Waals surface area contributed by atoms with Gasteiger partial charge in [-0.15, -0.1) is 0 Å². The first-order chi connectivity index (χ1) is 59.7. The monoisotopic (exact) mass is 1820 g/mol. The Morgan fingerprint density at radius 2 is 0.622 bits per heavy atom. The van der Waals surface area contributed by atoms with Gasteiger partial charge in [-0.1, -0.05) is 90.0 Å². The molecule has 4 aliphatic heterocycles. The average Bonchev–Trinajstić information content (AvgIpc) is 0.889. The fourth-order valence-corrected chi connectivity index (χ4v) is 15.1. The lowest BCUT2D eigenvalue weighted by atomic mass is 9.87. The predicted molar refractivity (Wildman–Crippen MR) is 471 cm³/mol. The molecule has 4 fully saturated rings. The molecule has 0 bridgehead atoms. The molecular formula is C83H157N19O25. The summed E-state index contributed by atoms with van der Waals surface area (Å²) < 4.78 is 19.8. The van der Waals surface area contributed by atoms with Gasteiger partial charge in [0, 0.05) is 215 Å². The molecule has 3 unspecified atom stereocenters. The highest BCUT2D eigenvalue weighted by atomic mass is 16.5. The average molecular weight is 1820 g/mol. The van der Waals surface area contributed by atoms with E-state index in [2.05, 4.69) is 125 Å². The molecule has 44 nitrogen and oxygen atoms in total. The van der Waals surface area contributed by atoms with Crippen LogP contribution in [0.2, 0.25) is 0 Å². The van der Waals surface area contributed by atoms with E-state index in [4.69, 9.17) is 24.7 Å². The molecule has 0 aromatic heterocycles. The second kappa shape index (κ2) is 64.7. The van der Waals surface area contributed by atoms with Gasteiger partial charge in [0.15, 0.2) is 0 Å². The molecule has 3 amide bonds. The normalized spacial score (nSPS) is 20.4. The molecule has 4 saturated heterocycles. The van der Waals surface area contributed by atoms with Gasteiger partial charge in [0.1, 0.15) is 33.0 Å². The number of nitrogens with two attached hydrogens (primary N) is 1. The third kappa shape index (κ3) is 61.2. The zero-order chi connectivity index (χ0) is 95.7. The van der Waals surface area contributed by atoms with Gasteiger partial charge in [-0.05, 0) is 53.9 Å². The van der Waals surface area contributed by atoms with Crippen LogP contribution in [-0.2, 0) is 86.1 Å². The number of carboxylic acid groups (broad SMARTS) is 7. The summed E-state index contributed by atoms with van der Waals surface area (Å²) in [4.78, 5) is 188. The van der Waals surface area contributed by atoms with E-state index in [1.54, 1.807) is 24.5 Å². The Bertz CT molecular complexity index is 3170. The first kappa shape index (κ1) is 117. The number of nitrogens with one attached hydrogen (secondary N) is 2. The maximum Gasteiger partial charge on any atom is 0.320 e. The number of hydrogen-bond acceptors (Lipinski definition) is 34. The van der Waals surface area contributed by atoms with Crippen LogP contribution in [0.15, 0.2) is 0 Å². The van der Waals surface area contributed by atoms with Crippen LogP contribution < -0.4 is 16.4 Å². The van der Waals surface area contributed by atoms with Gasteiger partial charge in [-0.2, -0.15) is 0 Å². The topological polar surface area (TPSA) is 519 Å². The molecule has 734 valence electrons. The lowest BCUT2D eigenvalue weighted by molar-refractivity contribution is -0.145. The minimum Gasteiger partial charge on any atom is -0.480 e. The lowest BCUT2D eigenvalue weighted by Crippen LogP contribution is -2.54. The third-order valence-electron chi connectivity index (χ3n) is 21.4. The fraction of sp³-hybridized carbons (Fsp3) is 0.831. The van der Waals surface area contributed by atoms with Crippen molar-refractivity contribution in [1.29, 1.82) is 0 Å². The Hall–Kier alpha value is -8.06. The van der Waals surface area contributed by atoms with E-state index in [9.17, 15) is 103 Å². The summed E-state index contributed by atoms with van der Waals surface area (Å²) in [5, 5.41) is 71.2. The number of ether oxygens (including phenoxy) is 4. The number of carbonyl (C=O) groups excluding carboxylic acids is 7. The number of carboxylic acids is 7. The van der Waals surface area contributed by atoms with Crippen LogP contribution in [0.25, 0.3) is 0 Å². The molecule has 0 saturated carbocycles. The van der Waals surface area contributed by atoms with Gasteiger partial charge in [0.25, 0.3) is 25.9 Å². The largest absolute Gasteiger partial charge is 0.480 e. The van der Waals surface area contributed by atoms with Crippen molar-refractivity contribution in [3.63, 3.8) is 0 Å². The second-order valence-corrected chi connectivity index (χ2v) is 37.4. The molecular weight excluding hydrogens is 1660 g/mol. The van der Waals surface area contributed by atoms with Crippen molar-refractivity contribution in [3.05, 3.63) is 0 Å². The summed E-state index contributed by atoms with van der Waals surface area (Å²) >= 11 is 0. The molecule has 0 aromatic carbocycles. The lowest BCUT2D eigenvalue weighted by Gasteiger charge is -2.40. The Labute approximate surface area is 751 Å². The van der Waals surface area contributed by atoms with E-state index in [0.29, 0.717) is 216 Å². The van der Waals surface area contributed by atoms with Crippen molar-refractivity contribution in [2.75, 3.05) is 296 Å². The van der Waals surface area contributed by atoms with E-state index in [-0.39, 0.29) is 112 Å². The summed E-state index contributed by atoms with van der Waals surface area (Å²) in [5.74, 6) is -6.98. The zero-order valence-corrected chi connectivity index (χ0v) is 78.1. The summed E-state index contributed by atoms with van der Waals surface area (Å²) in [6, 6.07) is -0.589. The van der Waals surface area contributed by atoms with Crippen LogP contribution in [0, 0.1) is 21.7 Å². The Morgan fingerprint density at radius 1 is 0.339 bits per heavy atom. The van der Waals surface area contributed by atoms with Gasteiger partial charge >= 0.3 is 41.8 Å². The Morgan fingerprint density at radius 3 is 0.961 bits per heavy atom. The fourth-order valence-electron chi connectivity index (χ4n) is 15.1. The summed E-state index contributed by atoms with van der Waals surface area (Å²) in [6.07, 6.45) is 4.31. The maximum absolute atomic E-state index is 12.2. The number of rotatable bonds is 40. The molecule has 44 heteroatoms. The Balaban J connectivity index is 0.000000848. The highest BCUT2D eigenvalue weighted by molar-refractivity contribution is 5.76. The SMILES string of the molecule is CC(C)(C)CC1CN(CC(=O)O)CCN(CC(=O)O)CCN(COC=O)CCN1COC=O.CC(C)(C)CCC(C(=O)O)N1CCN(COC=O)CCN(CC(=O)O)CCN(CC(=O)O)CC1.CC(C)(C)CN1CCN(COC=O)CCN(CC(=O)O)CCN(CC(=O)O)CC1.CCN1CCN(CC(N)=O)CCN(CNC=O)CCN(CNC=O)C(CC(C)(C)C)C1. The van der Waals surface area contributed by atoms with Crippen molar-refractivity contribution in [1.82, 2.24) is 89.0 Å². The number of aliphatic carboxylic acids is 7.